The minimum Gasteiger partial charge on any atom is -0.492 e. The van der Waals surface area contributed by atoms with Crippen LogP contribution in [0.1, 0.15) is 21.2 Å². The minimum absolute atomic E-state index is 0.265. The first-order valence-corrected chi connectivity index (χ1v) is 7.25. The largest absolute Gasteiger partial charge is 0.492 e. The lowest BCUT2D eigenvalue weighted by molar-refractivity contribution is -0.143. The molecular formula is C16H18O3S. The average molecular weight is 290 g/mol. The van der Waals surface area contributed by atoms with Crippen LogP contribution in [0.25, 0.3) is 0 Å². The van der Waals surface area contributed by atoms with Crippen LogP contribution >= 0.6 is 11.3 Å². The Morgan fingerprint density at radius 2 is 1.85 bits per heavy atom. The van der Waals surface area contributed by atoms with Gasteiger partial charge in [0.15, 0.2) is 0 Å². The zero-order valence-corrected chi connectivity index (χ0v) is 12.7. The highest BCUT2D eigenvalue weighted by molar-refractivity contribution is 7.12. The van der Waals surface area contributed by atoms with Crippen molar-refractivity contribution in [3.05, 3.63) is 51.7 Å². The van der Waals surface area contributed by atoms with Crippen molar-refractivity contribution in [3.63, 3.8) is 0 Å². The number of esters is 1. The lowest BCUT2D eigenvalue weighted by atomic mass is 10.1. The molecule has 1 heterocycles. The average Bonchev–Trinajstić information content (AvgIpc) is 2.87. The van der Waals surface area contributed by atoms with Crippen LogP contribution in [0.3, 0.4) is 0 Å². The Labute approximate surface area is 123 Å². The zero-order chi connectivity index (χ0) is 14.5. The Morgan fingerprint density at radius 3 is 2.40 bits per heavy atom. The number of benzene rings is 1. The van der Waals surface area contributed by atoms with Gasteiger partial charge in [0.25, 0.3) is 0 Å². The normalized spacial score (nSPS) is 11.9. The van der Waals surface area contributed by atoms with Gasteiger partial charge < -0.3 is 9.47 Å². The predicted octanol–water partition coefficient (Wildman–Crippen LogP) is 3.70. The van der Waals surface area contributed by atoms with E-state index < -0.39 is 0 Å². The van der Waals surface area contributed by atoms with Crippen molar-refractivity contribution < 1.29 is 14.3 Å². The van der Waals surface area contributed by atoms with Gasteiger partial charge in [0.2, 0.25) is 0 Å². The van der Waals surface area contributed by atoms with Gasteiger partial charge in [-0.25, -0.2) is 0 Å². The Hall–Kier alpha value is -1.81. The van der Waals surface area contributed by atoms with Crippen molar-refractivity contribution in [2.24, 2.45) is 0 Å². The maximum atomic E-state index is 11.9. The standard InChI is InChI=1S/C16H18O3S/c1-11-4-7-13(8-5-11)19-10-14(16(17)18-3)15-9-6-12(2)20-15/h4-9,14H,10H2,1-3H3. The van der Waals surface area contributed by atoms with Crippen LogP contribution in [0.15, 0.2) is 36.4 Å². The third-order valence-electron chi connectivity index (χ3n) is 3.03. The van der Waals surface area contributed by atoms with E-state index in [0.717, 1.165) is 10.6 Å². The van der Waals surface area contributed by atoms with Gasteiger partial charge in [-0.2, -0.15) is 0 Å². The molecule has 0 N–H and O–H groups in total. The van der Waals surface area contributed by atoms with Crippen molar-refractivity contribution in [2.75, 3.05) is 13.7 Å². The molecule has 0 aliphatic heterocycles. The van der Waals surface area contributed by atoms with Gasteiger partial charge in [-0.3, -0.25) is 4.79 Å². The second kappa shape index (κ2) is 6.57. The molecule has 0 amide bonds. The summed E-state index contributed by atoms with van der Waals surface area (Å²) in [5.74, 6) is 0.122. The molecule has 4 heteroatoms. The first-order valence-electron chi connectivity index (χ1n) is 6.44. The molecular weight excluding hydrogens is 272 g/mol. The molecule has 20 heavy (non-hydrogen) atoms. The summed E-state index contributed by atoms with van der Waals surface area (Å²) in [6.07, 6.45) is 0. The number of carbonyl (C=O) groups excluding carboxylic acids is 1. The number of carbonyl (C=O) groups is 1. The highest BCUT2D eigenvalue weighted by atomic mass is 32.1. The molecule has 1 aromatic carbocycles. The summed E-state index contributed by atoms with van der Waals surface area (Å²) >= 11 is 1.60. The van der Waals surface area contributed by atoms with Gasteiger partial charge in [-0.05, 0) is 38.1 Å². The SMILES string of the molecule is COC(=O)C(COc1ccc(C)cc1)c1ccc(C)s1. The maximum Gasteiger partial charge on any atom is 0.317 e. The van der Waals surface area contributed by atoms with E-state index in [2.05, 4.69) is 0 Å². The number of hydrogen-bond acceptors (Lipinski definition) is 4. The predicted molar refractivity (Wildman–Crippen MR) is 80.5 cm³/mol. The number of rotatable bonds is 5. The smallest absolute Gasteiger partial charge is 0.317 e. The zero-order valence-electron chi connectivity index (χ0n) is 11.9. The first-order chi connectivity index (χ1) is 9.60. The summed E-state index contributed by atoms with van der Waals surface area (Å²) < 4.78 is 10.6. The third kappa shape index (κ3) is 3.61. The monoisotopic (exact) mass is 290 g/mol. The van der Waals surface area contributed by atoms with Gasteiger partial charge in [-0.15, -0.1) is 11.3 Å². The molecule has 2 aromatic rings. The van der Waals surface area contributed by atoms with E-state index in [4.69, 9.17) is 9.47 Å². The van der Waals surface area contributed by atoms with Gasteiger partial charge in [0, 0.05) is 9.75 Å². The number of thiophene rings is 1. The highest BCUT2D eigenvalue weighted by Gasteiger charge is 2.24. The van der Waals surface area contributed by atoms with E-state index in [-0.39, 0.29) is 18.5 Å². The molecule has 1 unspecified atom stereocenters. The van der Waals surface area contributed by atoms with E-state index in [1.165, 1.54) is 17.6 Å². The fourth-order valence-corrected chi connectivity index (χ4v) is 2.81. The third-order valence-corrected chi connectivity index (χ3v) is 4.14. The van der Waals surface area contributed by atoms with Crippen molar-refractivity contribution in [3.8, 4) is 5.75 Å². The van der Waals surface area contributed by atoms with Crippen LogP contribution in [-0.4, -0.2) is 19.7 Å². The summed E-state index contributed by atoms with van der Waals surface area (Å²) in [7, 11) is 1.40. The van der Waals surface area contributed by atoms with E-state index in [9.17, 15) is 4.79 Å². The quantitative estimate of drug-likeness (QED) is 0.788. The highest BCUT2D eigenvalue weighted by Crippen LogP contribution is 2.26. The minimum atomic E-state index is -0.375. The lowest BCUT2D eigenvalue weighted by Gasteiger charge is -2.14. The Bertz CT molecular complexity index is 572. The molecule has 0 bridgehead atoms. The van der Waals surface area contributed by atoms with Crippen LogP contribution < -0.4 is 4.74 Å². The fraction of sp³-hybridized carbons (Fsp3) is 0.312. The van der Waals surface area contributed by atoms with Gasteiger partial charge in [0.1, 0.15) is 18.3 Å². The number of ether oxygens (including phenoxy) is 2. The lowest BCUT2D eigenvalue weighted by Crippen LogP contribution is -2.20. The van der Waals surface area contributed by atoms with Crippen LogP contribution in [-0.2, 0) is 9.53 Å². The molecule has 0 spiro atoms. The van der Waals surface area contributed by atoms with Gasteiger partial charge >= 0.3 is 5.97 Å². The van der Waals surface area contributed by atoms with Crippen molar-refractivity contribution in [1.29, 1.82) is 0 Å². The number of methoxy groups -OCH3 is 1. The van der Waals surface area contributed by atoms with Crippen LogP contribution in [0.4, 0.5) is 0 Å². The summed E-state index contributed by atoms with van der Waals surface area (Å²) in [5, 5.41) is 0. The topological polar surface area (TPSA) is 35.5 Å². The Morgan fingerprint density at radius 1 is 1.15 bits per heavy atom. The van der Waals surface area contributed by atoms with E-state index in [1.807, 2.05) is 50.2 Å². The molecule has 0 radical (unpaired) electrons. The molecule has 0 saturated carbocycles. The maximum absolute atomic E-state index is 11.9. The summed E-state index contributed by atoms with van der Waals surface area (Å²) in [5.41, 5.74) is 1.18. The van der Waals surface area contributed by atoms with E-state index in [1.54, 1.807) is 11.3 Å². The van der Waals surface area contributed by atoms with Gasteiger partial charge in [-0.1, -0.05) is 17.7 Å². The number of hydrogen-bond donors (Lipinski definition) is 0. The van der Waals surface area contributed by atoms with Crippen molar-refractivity contribution >= 4 is 17.3 Å². The second-order valence-corrected chi connectivity index (χ2v) is 5.97. The van der Waals surface area contributed by atoms with Crippen molar-refractivity contribution in [1.82, 2.24) is 0 Å². The molecule has 0 fully saturated rings. The summed E-state index contributed by atoms with van der Waals surface area (Å²) in [4.78, 5) is 14.0. The Balaban J connectivity index is 2.08. The molecule has 1 atom stereocenters. The summed E-state index contributed by atoms with van der Waals surface area (Å²) in [6, 6.07) is 11.7. The Kier molecular flexibility index (Phi) is 4.79. The second-order valence-electron chi connectivity index (χ2n) is 4.65. The first kappa shape index (κ1) is 14.6. The molecule has 2 rings (SSSR count). The van der Waals surface area contributed by atoms with Crippen LogP contribution in [0.2, 0.25) is 0 Å². The van der Waals surface area contributed by atoms with E-state index in [0.29, 0.717) is 0 Å². The molecule has 0 aliphatic carbocycles. The fourth-order valence-electron chi connectivity index (χ4n) is 1.86. The summed E-state index contributed by atoms with van der Waals surface area (Å²) in [6.45, 7) is 4.33. The molecule has 0 aliphatic rings. The van der Waals surface area contributed by atoms with Crippen LogP contribution in [0, 0.1) is 13.8 Å². The molecule has 3 nitrogen and oxygen atoms in total. The molecule has 0 saturated heterocycles. The van der Waals surface area contributed by atoms with Crippen LogP contribution in [0.5, 0.6) is 5.75 Å². The van der Waals surface area contributed by atoms with E-state index >= 15 is 0 Å². The van der Waals surface area contributed by atoms with Gasteiger partial charge in [0.05, 0.1) is 7.11 Å². The number of aryl methyl sites for hydroxylation is 2. The molecule has 106 valence electrons. The molecule has 1 aromatic heterocycles. The van der Waals surface area contributed by atoms with Crippen molar-refractivity contribution in [2.45, 2.75) is 19.8 Å².